The number of amidine groups is 1. The van der Waals surface area contributed by atoms with Crippen molar-refractivity contribution in [1.29, 1.82) is 5.41 Å². The van der Waals surface area contributed by atoms with Crippen LogP contribution in [0.4, 0.5) is 0 Å². The van der Waals surface area contributed by atoms with Gasteiger partial charge in [0.2, 0.25) is 0 Å². The van der Waals surface area contributed by atoms with E-state index in [1.54, 1.807) is 6.26 Å². The number of rotatable bonds is 0. The molecular formula is C2H9N3S. The van der Waals surface area contributed by atoms with Gasteiger partial charge in [-0.2, -0.15) is 0 Å². The van der Waals surface area contributed by atoms with Crippen molar-refractivity contribution in [1.82, 2.24) is 6.15 Å². The second-order valence-corrected chi connectivity index (χ2v) is 1.42. The first-order valence-electron chi connectivity index (χ1n) is 1.15. The standard InChI is InChI=1S/C2H6N2S.H3N/c1-5-2(3)4;/h1H3,(H3,3,4);1H3. The molecule has 4 heteroatoms. The first-order chi connectivity index (χ1) is 2.27. The van der Waals surface area contributed by atoms with Gasteiger partial charge in [-0.3, -0.25) is 5.41 Å². The van der Waals surface area contributed by atoms with E-state index in [2.05, 4.69) is 0 Å². The average Bonchev–Trinajstić information content (AvgIpc) is 1.38. The highest BCUT2D eigenvalue weighted by atomic mass is 32.2. The zero-order chi connectivity index (χ0) is 4.28. The summed E-state index contributed by atoms with van der Waals surface area (Å²) in [5, 5.41) is 6.66. The van der Waals surface area contributed by atoms with Crippen molar-refractivity contribution in [2.24, 2.45) is 5.73 Å². The highest BCUT2D eigenvalue weighted by molar-refractivity contribution is 8.13. The summed E-state index contributed by atoms with van der Waals surface area (Å²) in [5.74, 6) is 0. The molecule has 0 saturated heterocycles. The fourth-order valence-corrected chi connectivity index (χ4v) is 0. The van der Waals surface area contributed by atoms with Crippen LogP contribution in [0.1, 0.15) is 0 Å². The van der Waals surface area contributed by atoms with Crippen LogP contribution in [0.2, 0.25) is 0 Å². The lowest BCUT2D eigenvalue weighted by molar-refractivity contribution is 1.51. The minimum Gasteiger partial charge on any atom is -0.379 e. The van der Waals surface area contributed by atoms with Crippen LogP contribution in [-0.4, -0.2) is 11.4 Å². The molecule has 0 spiro atoms. The summed E-state index contributed by atoms with van der Waals surface area (Å²) in [7, 11) is 0. The second-order valence-electron chi connectivity index (χ2n) is 0.568. The predicted octanol–water partition coefficient (Wildman–Crippen LogP) is 0.405. The van der Waals surface area contributed by atoms with Crippen LogP contribution in [0.15, 0.2) is 0 Å². The van der Waals surface area contributed by atoms with Crippen molar-refractivity contribution < 1.29 is 0 Å². The van der Waals surface area contributed by atoms with Gasteiger partial charge in [-0.1, -0.05) is 11.8 Å². The molecular weight excluding hydrogens is 98.1 g/mol. The molecule has 0 atom stereocenters. The summed E-state index contributed by atoms with van der Waals surface area (Å²) in [6.07, 6.45) is 1.77. The maximum atomic E-state index is 6.48. The maximum absolute atomic E-state index is 6.48. The van der Waals surface area contributed by atoms with E-state index in [4.69, 9.17) is 11.1 Å². The molecule has 0 aliphatic rings. The highest BCUT2D eigenvalue weighted by Gasteiger charge is 1.71. The van der Waals surface area contributed by atoms with E-state index >= 15 is 0 Å². The van der Waals surface area contributed by atoms with Gasteiger partial charge in [-0.05, 0) is 6.26 Å². The summed E-state index contributed by atoms with van der Waals surface area (Å²) >= 11 is 1.24. The smallest absolute Gasteiger partial charge is 0.150 e. The van der Waals surface area contributed by atoms with Gasteiger partial charge >= 0.3 is 0 Å². The third-order valence-corrected chi connectivity index (χ3v) is 0.660. The zero-order valence-electron chi connectivity index (χ0n) is 3.69. The van der Waals surface area contributed by atoms with Gasteiger partial charge in [-0.25, -0.2) is 0 Å². The first-order valence-corrected chi connectivity index (χ1v) is 2.38. The fourth-order valence-electron chi connectivity index (χ4n) is 0. The van der Waals surface area contributed by atoms with Crippen LogP contribution >= 0.6 is 11.8 Å². The van der Waals surface area contributed by atoms with Crippen molar-refractivity contribution in [2.75, 3.05) is 6.26 Å². The van der Waals surface area contributed by atoms with Crippen LogP contribution in [0, 0.1) is 5.41 Å². The Morgan fingerprint density at radius 1 is 1.83 bits per heavy atom. The number of thioether (sulfide) groups is 1. The molecule has 0 aromatic rings. The molecule has 0 unspecified atom stereocenters. The Labute approximate surface area is 41.4 Å². The van der Waals surface area contributed by atoms with E-state index in [1.807, 2.05) is 0 Å². The molecule has 0 aliphatic heterocycles. The quantitative estimate of drug-likeness (QED) is 0.309. The molecule has 0 amide bonds. The van der Waals surface area contributed by atoms with Crippen LogP contribution in [-0.2, 0) is 0 Å². The van der Waals surface area contributed by atoms with Crippen LogP contribution in [0.25, 0.3) is 0 Å². The monoisotopic (exact) mass is 107 g/mol. The van der Waals surface area contributed by atoms with E-state index in [0.717, 1.165) is 0 Å². The van der Waals surface area contributed by atoms with Gasteiger partial charge in [0, 0.05) is 0 Å². The Bertz CT molecular complexity index is 44.1. The Kier molecular flexibility index (Phi) is 7.36. The van der Waals surface area contributed by atoms with Gasteiger partial charge in [0.1, 0.15) is 0 Å². The van der Waals surface area contributed by atoms with Crippen LogP contribution < -0.4 is 11.9 Å². The molecule has 6 heavy (non-hydrogen) atoms. The summed E-state index contributed by atoms with van der Waals surface area (Å²) in [6.45, 7) is 0. The van der Waals surface area contributed by atoms with Gasteiger partial charge in [-0.15, -0.1) is 0 Å². The normalized spacial score (nSPS) is 6.17. The predicted molar refractivity (Wildman–Crippen MR) is 30.5 cm³/mol. The van der Waals surface area contributed by atoms with E-state index in [9.17, 15) is 0 Å². The Hall–Kier alpha value is -0.220. The minimum atomic E-state index is 0. The Morgan fingerprint density at radius 2 is 2.00 bits per heavy atom. The SMILES string of the molecule is CSC(=N)N.N. The van der Waals surface area contributed by atoms with Crippen molar-refractivity contribution in [3.05, 3.63) is 0 Å². The molecule has 6 N–H and O–H groups in total. The lowest BCUT2D eigenvalue weighted by atomic mass is 11.4. The largest absolute Gasteiger partial charge is 0.379 e. The lowest BCUT2D eigenvalue weighted by Crippen LogP contribution is -2.01. The van der Waals surface area contributed by atoms with Crippen LogP contribution in [0.5, 0.6) is 0 Å². The first kappa shape index (κ1) is 9.24. The third kappa shape index (κ3) is 9.22. The molecule has 0 rings (SSSR count). The molecule has 38 valence electrons. The summed E-state index contributed by atoms with van der Waals surface area (Å²) in [4.78, 5) is 0. The summed E-state index contributed by atoms with van der Waals surface area (Å²) < 4.78 is 0. The molecule has 0 saturated carbocycles. The van der Waals surface area contributed by atoms with E-state index in [-0.39, 0.29) is 11.3 Å². The molecule has 0 radical (unpaired) electrons. The van der Waals surface area contributed by atoms with Gasteiger partial charge in [0.25, 0.3) is 0 Å². The number of nitrogens with two attached hydrogens (primary N) is 1. The number of hydrogen-bond donors (Lipinski definition) is 3. The second kappa shape index (κ2) is 4.78. The maximum Gasteiger partial charge on any atom is 0.150 e. The lowest BCUT2D eigenvalue weighted by Gasteiger charge is -1.78. The third-order valence-electron chi connectivity index (χ3n) is 0.220. The van der Waals surface area contributed by atoms with Crippen molar-refractivity contribution in [2.45, 2.75) is 0 Å². The van der Waals surface area contributed by atoms with Gasteiger partial charge < -0.3 is 11.9 Å². The molecule has 0 bridgehead atoms. The highest BCUT2D eigenvalue weighted by Crippen LogP contribution is 1.83. The zero-order valence-corrected chi connectivity index (χ0v) is 4.51. The number of nitrogens with one attached hydrogen (secondary N) is 1. The van der Waals surface area contributed by atoms with Crippen molar-refractivity contribution >= 4 is 16.9 Å². The van der Waals surface area contributed by atoms with Crippen molar-refractivity contribution in [3.8, 4) is 0 Å². The van der Waals surface area contributed by atoms with Crippen molar-refractivity contribution in [3.63, 3.8) is 0 Å². The van der Waals surface area contributed by atoms with E-state index < -0.39 is 0 Å². The molecule has 3 nitrogen and oxygen atoms in total. The summed E-state index contributed by atoms with van der Waals surface area (Å²) in [6, 6.07) is 0. The van der Waals surface area contributed by atoms with Gasteiger partial charge in [0.05, 0.1) is 0 Å². The van der Waals surface area contributed by atoms with E-state index in [1.165, 1.54) is 11.8 Å². The average molecular weight is 107 g/mol. The molecule has 0 fully saturated rings. The Morgan fingerprint density at radius 3 is 2.00 bits per heavy atom. The molecule has 0 aliphatic carbocycles. The minimum absolute atomic E-state index is 0. The molecule has 0 heterocycles. The van der Waals surface area contributed by atoms with Gasteiger partial charge in [0.15, 0.2) is 5.17 Å². The van der Waals surface area contributed by atoms with Crippen LogP contribution in [0.3, 0.4) is 0 Å². The number of hydrogen-bond acceptors (Lipinski definition) is 3. The Balaban J connectivity index is 0. The molecule has 0 aromatic heterocycles. The fraction of sp³-hybridized carbons (Fsp3) is 0.500. The topological polar surface area (TPSA) is 84.9 Å². The van der Waals surface area contributed by atoms with E-state index in [0.29, 0.717) is 0 Å². The molecule has 0 aromatic carbocycles. The summed E-state index contributed by atoms with van der Waals surface area (Å²) in [5.41, 5.74) is 4.84.